The Morgan fingerprint density at radius 1 is 1.07 bits per heavy atom. The van der Waals surface area contributed by atoms with Crippen LogP contribution in [0.2, 0.25) is 0 Å². The molecule has 4 aromatic rings. The number of hydrogen-bond acceptors (Lipinski definition) is 6. The molecule has 2 aromatic carbocycles. The smallest absolute Gasteiger partial charge is 0.300 e. The van der Waals surface area contributed by atoms with Gasteiger partial charge in [-0.05, 0) is 24.3 Å². The highest BCUT2D eigenvalue weighted by Gasteiger charge is 2.15. The Hall–Kier alpha value is -3.59. The first kappa shape index (κ1) is 18.8. The van der Waals surface area contributed by atoms with E-state index >= 15 is 0 Å². The summed E-state index contributed by atoms with van der Waals surface area (Å²) in [4.78, 5) is 25.0. The number of ether oxygens (including phenoxy) is 1. The van der Waals surface area contributed by atoms with E-state index in [1.54, 1.807) is 36.0 Å². The molecule has 29 heavy (non-hydrogen) atoms. The van der Waals surface area contributed by atoms with Gasteiger partial charge in [0, 0.05) is 18.1 Å². The molecule has 0 saturated heterocycles. The van der Waals surface area contributed by atoms with Gasteiger partial charge in [-0.25, -0.2) is 0 Å². The van der Waals surface area contributed by atoms with Crippen LogP contribution in [0.15, 0.2) is 76.9 Å². The molecule has 0 aliphatic heterocycles. The summed E-state index contributed by atoms with van der Waals surface area (Å²) in [5, 5.41) is 11.3. The minimum absolute atomic E-state index is 0.144. The SMILES string of the molecule is COc1ccccc1-n1ccn2c(SCC(=O)Nc3ccccc3)nnc2c1=O. The summed E-state index contributed by atoms with van der Waals surface area (Å²) in [5.74, 6) is 0.552. The fourth-order valence-corrected chi connectivity index (χ4v) is 3.55. The lowest BCUT2D eigenvalue weighted by atomic mass is 10.3. The molecule has 2 heterocycles. The van der Waals surface area contributed by atoms with Crippen LogP contribution in [-0.4, -0.2) is 37.9 Å². The number of fused-ring (bicyclic) bond motifs is 1. The van der Waals surface area contributed by atoms with Crippen molar-refractivity contribution in [2.75, 3.05) is 18.2 Å². The van der Waals surface area contributed by atoms with E-state index in [0.717, 1.165) is 5.69 Å². The fourth-order valence-electron chi connectivity index (χ4n) is 2.83. The molecular formula is C20H17N5O3S. The van der Waals surface area contributed by atoms with E-state index in [0.29, 0.717) is 16.6 Å². The number of thioether (sulfide) groups is 1. The van der Waals surface area contributed by atoms with E-state index < -0.39 is 0 Å². The summed E-state index contributed by atoms with van der Waals surface area (Å²) in [7, 11) is 1.55. The van der Waals surface area contributed by atoms with Gasteiger partial charge in [-0.1, -0.05) is 42.1 Å². The summed E-state index contributed by atoms with van der Waals surface area (Å²) < 4.78 is 8.37. The van der Waals surface area contributed by atoms with Gasteiger partial charge in [0.2, 0.25) is 11.6 Å². The quantitative estimate of drug-likeness (QED) is 0.494. The normalized spacial score (nSPS) is 10.8. The van der Waals surface area contributed by atoms with Crippen molar-refractivity contribution in [3.63, 3.8) is 0 Å². The van der Waals surface area contributed by atoms with Crippen molar-refractivity contribution < 1.29 is 9.53 Å². The highest BCUT2D eigenvalue weighted by molar-refractivity contribution is 7.99. The lowest BCUT2D eigenvalue weighted by Crippen LogP contribution is -2.20. The predicted octanol–water partition coefficient (Wildman–Crippen LogP) is 2.62. The number of hydrogen-bond donors (Lipinski definition) is 1. The maximum absolute atomic E-state index is 12.9. The van der Waals surface area contributed by atoms with Gasteiger partial charge in [-0.15, -0.1) is 10.2 Å². The van der Waals surface area contributed by atoms with Crippen LogP contribution < -0.4 is 15.6 Å². The lowest BCUT2D eigenvalue weighted by Gasteiger charge is -2.10. The molecule has 9 heteroatoms. The topological polar surface area (TPSA) is 90.5 Å². The number of benzene rings is 2. The molecule has 4 rings (SSSR count). The molecule has 0 unspecified atom stereocenters. The minimum atomic E-state index is -0.329. The van der Waals surface area contributed by atoms with Crippen LogP contribution in [0.3, 0.4) is 0 Å². The number of nitrogens with one attached hydrogen (secondary N) is 1. The average molecular weight is 407 g/mol. The number of para-hydroxylation sites is 3. The molecule has 8 nitrogen and oxygen atoms in total. The first-order valence-corrected chi connectivity index (χ1v) is 9.73. The Balaban J connectivity index is 1.56. The Labute approximate surface area is 170 Å². The van der Waals surface area contributed by atoms with Crippen molar-refractivity contribution in [3.05, 3.63) is 77.3 Å². The van der Waals surface area contributed by atoms with Crippen LogP contribution in [0.5, 0.6) is 5.75 Å². The van der Waals surface area contributed by atoms with Crippen molar-refractivity contribution in [1.82, 2.24) is 19.2 Å². The van der Waals surface area contributed by atoms with Gasteiger partial charge in [0.05, 0.1) is 18.6 Å². The number of carbonyl (C=O) groups is 1. The third-order valence-electron chi connectivity index (χ3n) is 4.17. The minimum Gasteiger partial charge on any atom is -0.495 e. The van der Waals surface area contributed by atoms with Crippen molar-refractivity contribution in [2.24, 2.45) is 0 Å². The van der Waals surface area contributed by atoms with E-state index in [-0.39, 0.29) is 22.9 Å². The summed E-state index contributed by atoms with van der Waals surface area (Å²) >= 11 is 1.21. The fraction of sp³-hybridized carbons (Fsp3) is 0.100. The summed E-state index contributed by atoms with van der Waals surface area (Å²) in [6.07, 6.45) is 3.32. The summed E-state index contributed by atoms with van der Waals surface area (Å²) in [6.45, 7) is 0. The van der Waals surface area contributed by atoms with Crippen LogP contribution >= 0.6 is 11.8 Å². The van der Waals surface area contributed by atoms with Crippen molar-refractivity contribution in [1.29, 1.82) is 0 Å². The highest BCUT2D eigenvalue weighted by Crippen LogP contribution is 2.21. The molecule has 0 fully saturated rings. The Morgan fingerprint density at radius 2 is 1.83 bits per heavy atom. The van der Waals surface area contributed by atoms with E-state index in [9.17, 15) is 9.59 Å². The number of nitrogens with zero attached hydrogens (tertiary/aromatic N) is 4. The molecular weight excluding hydrogens is 390 g/mol. The predicted molar refractivity (Wildman–Crippen MR) is 111 cm³/mol. The Kier molecular flexibility index (Phi) is 5.30. The van der Waals surface area contributed by atoms with Gasteiger partial charge < -0.3 is 10.1 Å². The summed E-state index contributed by atoms with van der Waals surface area (Å²) in [6, 6.07) is 16.4. The van der Waals surface area contributed by atoms with Crippen molar-refractivity contribution >= 4 is 29.0 Å². The third-order valence-corrected chi connectivity index (χ3v) is 5.12. The van der Waals surface area contributed by atoms with Gasteiger partial charge in [0.15, 0.2) is 5.16 Å². The average Bonchev–Trinajstić information content (AvgIpc) is 3.17. The Morgan fingerprint density at radius 3 is 2.62 bits per heavy atom. The molecule has 1 amide bonds. The molecule has 1 N–H and O–H groups in total. The van der Waals surface area contributed by atoms with E-state index in [1.165, 1.54) is 16.3 Å². The number of anilines is 1. The first-order chi connectivity index (χ1) is 14.2. The largest absolute Gasteiger partial charge is 0.495 e. The van der Waals surface area contributed by atoms with E-state index in [2.05, 4.69) is 15.5 Å². The second-order valence-electron chi connectivity index (χ2n) is 6.02. The number of amides is 1. The number of rotatable bonds is 6. The van der Waals surface area contributed by atoms with Gasteiger partial charge in [0.25, 0.3) is 0 Å². The number of aromatic nitrogens is 4. The number of methoxy groups -OCH3 is 1. The van der Waals surface area contributed by atoms with Gasteiger partial charge in [-0.3, -0.25) is 18.6 Å². The maximum atomic E-state index is 12.9. The molecule has 2 aromatic heterocycles. The van der Waals surface area contributed by atoms with Crippen LogP contribution in [0.25, 0.3) is 11.3 Å². The molecule has 0 radical (unpaired) electrons. The molecule has 0 aliphatic carbocycles. The zero-order valence-corrected chi connectivity index (χ0v) is 16.3. The molecule has 0 aliphatic rings. The monoisotopic (exact) mass is 407 g/mol. The van der Waals surface area contributed by atoms with E-state index in [4.69, 9.17) is 4.74 Å². The second kappa shape index (κ2) is 8.19. The summed E-state index contributed by atoms with van der Waals surface area (Å²) in [5.41, 5.74) is 1.18. The van der Waals surface area contributed by atoms with Gasteiger partial charge in [-0.2, -0.15) is 0 Å². The van der Waals surface area contributed by atoms with Crippen molar-refractivity contribution in [2.45, 2.75) is 5.16 Å². The molecule has 146 valence electrons. The standard InChI is InChI=1S/C20H17N5O3S/c1-28-16-10-6-5-9-15(16)24-11-12-25-18(19(24)27)22-23-20(25)29-13-17(26)21-14-7-3-2-4-8-14/h2-12H,13H2,1H3,(H,21,26). The number of carbonyl (C=O) groups excluding carboxylic acids is 1. The maximum Gasteiger partial charge on any atom is 0.300 e. The van der Waals surface area contributed by atoms with E-state index in [1.807, 2.05) is 42.5 Å². The van der Waals surface area contributed by atoms with Crippen molar-refractivity contribution in [3.8, 4) is 11.4 Å². The van der Waals surface area contributed by atoms with Crippen LogP contribution in [-0.2, 0) is 4.79 Å². The van der Waals surface area contributed by atoms with Crippen LogP contribution in [0.1, 0.15) is 0 Å². The zero-order chi connectivity index (χ0) is 20.2. The molecule has 0 atom stereocenters. The van der Waals surface area contributed by atoms with Gasteiger partial charge >= 0.3 is 5.56 Å². The second-order valence-corrected chi connectivity index (χ2v) is 6.97. The first-order valence-electron chi connectivity index (χ1n) is 8.75. The third kappa shape index (κ3) is 3.85. The Bertz CT molecular complexity index is 1220. The zero-order valence-electron chi connectivity index (χ0n) is 15.5. The molecule has 0 saturated carbocycles. The molecule has 0 bridgehead atoms. The molecule has 0 spiro atoms. The van der Waals surface area contributed by atoms with Gasteiger partial charge in [0.1, 0.15) is 5.75 Å². The van der Waals surface area contributed by atoms with Crippen LogP contribution in [0, 0.1) is 0 Å². The van der Waals surface area contributed by atoms with Crippen LogP contribution in [0.4, 0.5) is 5.69 Å². The highest BCUT2D eigenvalue weighted by atomic mass is 32.2. The lowest BCUT2D eigenvalue weighted by molar-refractivity contribution is -0.113.